The SMILES string of the molecule is CCC(C)(NC(=O)c1ccc(F)cc1)/C(N)=N/O. The van der Waals surface area contributed by atoms with Crippen molar-refractivity contribution in [2.75, 3.05) is 0 Å². The number of oxime groups is 1. The van der Waals surface area contributed by atoms with Crippen LogP contribution >= 0.6 is 0 Å². The molecule has 1 atom stereocenters. The minimum atomic E-state index is -0.944. The number of amidine groups is 1. The number of benzene rings is 1. The third-order valence-corrected chi connectivity index (χ3v) is 2.88. The summed E-state index contributed by atoms with van der Waals surface area (Å²) in [5.74, 6) is -0.910. The number of amides is 1. The first-order valence-electron chi connectivity index (χ1n) is 5.49. The van der Waals surface area contributed by atoms with Crippen molar-refractivity contribution in [2.45, 2.75) is 25.8 Å². The summed E-state index contributed by atoms with van der Waals surface area (Å²) in [6, 6.07) is 5.13. The molecule has 0 heterocycles. The number of nitrogens with one attached hydrogen (secondary N) is 1. The third kappa shape index (κ3) is 2.97. The molecule has 0 bridgehead atoms. The molecule has 0 spiro atoms. The smallest absolute Gasteiger partial charge is 0.252 e. The molecular weight excluding hydrogens is 237 g/mol. The van der Waals surface area contributed by atoms with E-state index in [1.807, 2.05) is 0 Å². The van der Waals surface area contributed by atoms with E-state index in [1.54, 1.807) is 13.8 Å². The predicted molar refractivity (Wildman–Crippen MR) is 66.0 cm³/mol. The zero-order valence-electron chi connectivity index (χ0n) is 10.3. The molecule has 18 heavy (non-hydrogen) atoms. The van der Waals surface area contributed by atoms with Crippen molar-refractivity contribution < 1.29 is 14.4 Å². The maximum absolute atomic E-state index is 12.7. The van der Waals surface area contributed by atoms with Crippen LogP contribution in [0, 0.1) is 5.82 Å². The Balaban J connectivity index is 2.89. The van der Waals surface area contributed by atoms with Crippen molar-refractivity contribution >= 4 is 11.7 Å². The highest BCUT2D eigenvalue weighted by Crippen LogP contribution is 2.11. The molecule has 0 aromatic heterocycles. The maximum atomic E-state index is 12.7. The lowest BCUT2D eigenvalue weighted by Gasteiger charge is -2.28. The second-order valence-corrected chi connectivity index (χ2v) is 4.13. The van der Waals surface area contributed by atoms with Crippen molar-refractivity contribution in [3.63, 3.8) is 0 Å². The van der Waals surface area contributed by atoms with Gasteiger partial charge in [0.05, 0.1) is 5.54 Å². The van der Waals surface area contributed by atoms with Crippen LogP contribution in [0.4, 0.5) is 4.39 Å². The molecule has 0 aliphatic carbocycles. The van der Waals surface area contributed by atoms with Crippen molar-refractivity contribution in [2.24, 2.45) is 10.9 Å². The van der Waals surface area contributed by atoms with Gasteiger partial charge in [0.2, 0.25) is 0 Å². The van der Waals surface area contributed by atoms with E-state index < -0.39 is 17.3 Å². The van der Waals surface area contributed by atoms with E-state index in [4.69, 9.17) is 10.9 Å². The predicted octanol–water partition coefficient (Wildman–Crippen LogP) is 1.47. The second kappa shape index (κ2) is 5.48. The molecule has 1 aromatic rings. The maximum Gasteiger partial charge on any atom is 0.252 e. The topological polar surface area (TPSA) is 87.7 Å². The molecule has 1 amide bonds. The molecule has 0 aliphatic heterocycles. The number of carbonyl (C=O) groups excluding carboxylic acids is 1. The van der Waals surface area contributed by atoms with Gasteiger partial charge in [-0.15, -0.1) is 0 Å². The lowest BCUT2D eigenvalue weighted by atomic mass is 9.97. The molecule has 1 rings (SSSR count). The Labute approximate surface area is 104 Å². The fourth-order valence-electron chi connectivity index (χ4n) is 1.37. The molecule has 5 nitrogen and oxygen atoms in total. The highest BCUT2D eigenvalue weighted by molar-refractivity contribution is 5.99. The van der Waals surface area contributed by atoms with Gasteiger partial charge in [0, 0.05) is 5.56 Å². The molecule has 1 unspecified atom stereocenters. The standard InChI is InChI=1S/C12H16FN3O2/c1-3-12(2,11(14)16-18)15-10(17)8-4-6-9(13)7-5-8/h4-7,18H,3H2,1-2H3,(H2,14,16)(H,15,17). The van der Waals surface area contributed by atoms with Crippen molar-refractivity contribution in [1.29, 1.82) is 0 Å². The van der Waals surface area contributed by atoms with Crippen LogP contribution in [0.1, 0.15) is 30.6 Å². The number of rotatable bonds is 4. The highest BCUT2D eigenvalue weighted by atomic mass is 19.1. The summed E-state index contributed by atoms with van der Waals surface area (Å²) in [7, 11) is 0. The Morgan fingerprint density at radius 2 is 2.06 bits per heavy atom. The molecule has 0 saturated carbocycles. The van der Waals surface area contributed by atoms with Gasteiger partial charge in [-0.1, -0.05) is 12.1 Å². The van der Waals surface area contributed by atoms with Crippen LogP contribution in [-0.2, 0) is 0 Å². The van der Waals surface area contributed by atoms with Crippen LogP contribution in [0.3, 0.4) is 0 Å². The fraction of sp³-hybridized carbons (Fsp3) is 0.333. The summed E-state index contributed by atoms with van der Waals surface area (Å²) in [4.78, 5) is 11.9. The van der Waals surface area contributed by atoms with E-state index in [0.717, 1.165) is 0 Å². The number of carbonyl (C=O) groups is 1. The lowest BCUT2D eigenvalue weighted by molar-refractivity contribution is 0.0925. The fourth-order valence-corrected chi connectivity index (χ4v) is 1.37. The van der Waals surface area contributed by atoms with Crippen molar-refractivity contribution in [1.82, 2.24) is 5.32 Å². The van der Waals surface area contributed by atoms with E-state index >= 15 is 0 Å². The number of halogens is 1. The Kier molecular flexibility index (Phi) is 4.25. The van der Waals surface area contributed by atoms with Crippen molar-refractivity contribution in [3.8, 4) is 0 Å². The molecule has 98 valence electrons. The van der Waals surface area contributed by atoms with Gasteiger partial charge in [-0.2, -0.15) is 0 Å². The molecule has 0 radical (unpaired) electrons. The Morgan fingerprint density at radius 1 is 1.50 bits per heavy atom. The molecule has 0 saturated heterocycles. The number of hydrogen-bond donors (Lipinski definition) is 3. The van der Waals surface area contributed by atoms with Crippen LogP contribution in [0.15, 0.2) is 29.4 Å². The molecule has 0 aliphatic rings. The number of nitrogens with zero attached hydrogens (tertiary/aromatic N) is 1. The zero-order valence-corrected chi connectivity index (χ0v) is 10.3. The van der Waals surface area contributed by atoms with E-state index in [9.17, 15) is 9.18 Å². The van der Waals surface area contributed by atoms with Gasteiger partial charge in [0.15, 0.2) is 5.84 Å². The number of hydrogen-bond acceptors (Lipinski definition) is 3. The Morgan fingerprint density at radius 3 is 2.50 bits per heavy atom. The summed E-state index contributed by atoms with van der Waals surface area (Å²) in [5.41, 5.74) is 4.90. The lowest BCUT2D eigenvalue weighted by Crippen LogP contribution is -2.55. The molecule has 0 fully saturated rings. The van der Waals surface area contributed by atoms with E-state index in [0.29, 0.717) is 12.0 Å². The molecule has 4 N–H and O–H groups in total. The van der Waals surface area contributed by atoms with Gasteiger partial charge in [-0.3, -0.25) is 4.79 Å². The third-order valence-electron chi connectivity index (χ3n) is 2.88. The molecule has 6 heteroatoms. The van der Waals surface area contributed by atoms with Crippen LogP contribution in [-0.4, -0.2) is 22.5 Å². The summed E-state index contributed by atoms with van der Waals surface area (Å²) in [5, 5.41) is 14.2. The van der Waals surface area contributed by atoms with Crippen LogP contribution in [0.5, 0.6) is 0 Å². The quantitative estimate of drug-likeness (QED) is 0.328. The zero-order chi connectivity index (χ0) is 13.8. The van der Waals surface area contributed by atoms with Gasteiger partial charge in [-0.05, 0) is 37.6 Å². The average molecular weight is 253 g/mol. The normalized spacial score (nSPS) is 14.9. The van der Waals surface area contributed by atoms with Gasteiger partial charge >= 0.3 is 0 Å². The van der Waals surface area contributed by atoms with Gasteiger partial charge in [-0.25, -0.2) is 4.39 Å². The first-order valence-corrected chi connectivity index (χ1v) is 5.49. The second-order valence-electron chi connectivity index (χ2n) is 4.13. The van der Waals surface area contributed by atoms with Gasteiger partial charge in [0.1, 0.15) is 5.82 Å². The Bertz CT molecular complexity index is 459. The summed E-state index contributed by atoms with van der Waals surface area (Å²) >= 11 is 0. The van der Waals surface area contributed by atoms with Crippen molar-refractivity contribution in [3.05, 3.63) is 35.6 Å². The van der Waals surface area contributed by atoms with Crippen LogP contribution in [0.2, 0.25) is 0 Å². The van der Waals surface area contributed by atoms with E-state index in [1.165, 1.54) is 24.3 Å². The monoisotopic (exact) mass is 253 g/mol. The van der Waals surface area contributed by atoms with Gasteiger partial charge < -0.3 is 16.3 Å². The number of nitrogens with two attached hydrogens (primary N) is 1. The highest BCUT2D eigenvalue weighted by Gasteiger charge is 2.29. The van der Waals surface area contributed by atoms with Crippen LogP contribution in [0.25, 0.3) is 0 Å². The first kappa shape index (κ1) is 14.0. The Hall–Kier alpha value is -2.11. The molecular formula is C12H16FN3O2. The summed E-state index contributed by atoms with van der Waals surface area (Å²) in [6.45, 7) is 3.44. The largest absolute Gasteiger partial charge is 0.409 e. The minimum Gasteiger partial charge on any atom is -0.409 e. The van der Waals surface area contributed by atoms with E-state index in [2.05, 4.69) is 10.5 Å². The van der Waals surface area contributed by atoms with Gasteiger partial charge in [0.25, 0.3) is 5.91 Å². The van der Waals surface area contributed by atoms with E-state index in [-0.39, 0.29) is 5.84 Å². The average Bonchev–Trinajstić information content (AvgIpc) is 2.38. The van der Waals surface area contributed by atoms with Crippen LogP contribution < -0.4 is 11.1 Å². The summed E-state index contributed by atoms with van der Waals surface area (Å²) in [6.07, 6.45) is 0.454. The summed E-state index contributed by atoms with van der Waals surface area (Å²) < 4.78 is 12.7. The molecule has 1 aromatic carbocycles. The first-order chi connectivity index (χ1) is 8.42. The minimum absolute atomic E-state index is 0.0829.